The van der Waals surface area contributed by atoms with Gasteiger partial charge in [-0.3, -0.25) is 4.90 Å². The smallest absolute Gasteiger partial charge is 0.328 e. The van der Waals surface area contributed by atoms with Crippen LogP contribution in [-0.2, 0) is 0 Å². The van der Waals surface area contributed by atoms with E-state index in [1.165, 1.54) is 17.0 Å². The van der Waals surface area contributed by atoms with E-state index in [0.29, 0.717) is 32.4 Å². The number of urea groups is 1. The Labute approximate surface area is 137 Å². The van der Waals surface area contributed by atoms with Crippen molar-refractivity contribution in [3.05, 3.63) is 27.2 Å². The summed E-state index contributed by atoms with van der Waals surface area (Å²) in [4.78, 5) is 13.7. The van der Waals surface area contributed by atoms with Crippen molar-refractivity contribution < 1.29 is 4.79 Å². The average Bonchev–Trinajstić information content (AvgIpc) is 2.59. The van der Waals surface area contributed by atoms with Crippen LogP contribution in [0.5, 0.6) is 0 Å². The van der Waals surface area contributed by atoms with Gasteiger partial charge in [0.2, 0.25) is 0 Å². The number of hydrogen-bond acceptors (Lipinski definition) is 2. The van der Waals surface area contributed by atoms with Crippen LogP contribution >= 0.6 is 47.0 Å². The van der Waals surface area contributed by atoms with Crippen molar-refractivity contribution in [1.29, 1.82) is 0 Å². The first-order chi connectivity index (χ1) is 9.19. The van der Waals surface area contributed by atoms with Crippen LogP contribution in [0.1, 0.15) is 13.8 Å². The maximum atomic E-state index is 12.2. The Morgan fingerprint density at radius 1 is 1.30 bits per heavy atom. The Morgan fingerprint density at radius 3 is 2.45 bits per heavy atom. The number of anilines is 1. The summed E-state index contributed by atoms with van der Waals surface area (Å²) in [5, 5.41) is 7.06. The molecule has 0 bridgehead atoms. The number of carbonyl (C=O) groups excluding carboxylic acids is 1. The molecule has 2 amide bonds. The minimum atomic E-state index is -0.367. The highest BCUT2D eigenvalue weighted by atomic mass is 35.5. The number of nitrogens with zero attached hydrogens (tertiary/aromatic N) is 1. The molecule has 2 N–H and O–H groups in total. The number of thiocarbonyl (C=S) groups is 1. The molecule has 0 saturated carbocycles. The minimum Gasteiger partial charge on any atom is -0.355 e. The topological polar surface area (TPSA) is 44.4 Å². The molecule has 1 aromatic rings. The van der Waals surface area contributed by atoms with Crippen molar-refractivity contribution in [2.75, 3.05) is 11.9 Å². The van der Waals surface area contributed by atoms with E-state index >= 15 is 0 Å². The largest absolute Gasteiger partial charge is 0.355 e. The van der Waals surface area contributed by atoms with Crippen LogP contribution in [0.25, 0.3) is 0 Å². The molecule has 0 atom stereocenters. The van der Waals surface area contributed by atoms with Gasteiger partial charge in [0.25, 0.3) is 0 Å². The van der Waals surface area contributed by atoms with E-state index in [1.807, 2.05) is 13.8 Å². The van der Waals surface area contributed by atoms with E-state index < -0.39 is 0 Å². The number of rotatable bonds is 1. The quantitative estimate of drug-likeness (QED) is 0.589. The van der Waals surface area contributed by atoms with Crippen LogP contribution in [0.15, 0.2) is 12.1 Å². The molecule has 20 heavy (non-hydrogen) atoms. The molecular weight excluding hydrogens is 341 g/mol. The van der Waals surface area contributed by atoms with Gasteiger partial charge in [0.1, 0.15) is 0 Å². The Kier molecular flexibility index (Phi) is 4.35. The normalized spacial score (nSPS) is 17.1. The predicted molar refractivity (Wildman–Crippen MR) is 87.0 cm³/mol. The van der Waals surface area contributed by atoms with Gasteiger partial charge in [0.15, 0.2) is 5.11 Å². The van der Waals surface area contributed by atoms with Crippen LogP contribution in [-0.4, -0.2) is 28.1 Å². The third-order valence-corrected chi connectivity index (χ3v) is 4.10. The molecule has 1 heterocycles. The molecule has 1 aromatic carbocycles. The Morgan fingerprint density at radius 2 is 1.90 bits per heavy atom. The van der Waals surface area contributed by atoms with E-state index in [2.05, 4.69) is 10.6 Å². The van der Waals surface area contributed by atoms with Gasteiger partial charge in [-0.15, -0.1) is 0 Å². The van der Waals surface area contributed by atoms with Gasteiger partial charge < -0.3 is 10.6 Å². The zero-order chi connectivity index (χ0) is 15.1. The van der Waals surface area contributed by atoms with Crippen molar-refractivity contribution in [2.24, 2.45) is 0 Å². The Bertz CT molecular complexity index is 592. The third-order valence-electron chi connectivity index (χ3n) is 2.74. The molecule has 1 saturated heterocycles. The van der Waals surface area contributed by atoms with E-state index in [1.54, 1.807) is 0 Å². The average molecular weight is 353 g/mol. The molecule has 0 aliphatic carbocycles. The molecule has 0 spiro atoms. The maximum absolute atomic E-state index is 12.2. The fourth-order valence-electron chi connectivity index (χ4n) is 1.83. The minimum absolute atomic E-state index is 0.254. The van der Waals surface area contributed by atoms with E-state index in [0.717, 1.165) is 0 Å². The molecular formula is C12H12Cl3N3OS. The van der Waals surface area contributed by atoms with E-state index in [-0.39, 0.29) is 11.6 Å². The summed E-state index contributed by atoms with van der Waals surface area (Å²) in [6.07, 6.45) is 0. The van der Waals surface area contributed by atoms with Crippen LogP contribution in [0.3, 0.4) is 0 Å². The van der Waals surface area contributed by atoms with E-state index in [9.17, 15) is 4.79 Å². The summed E-state index contributed by atoms with van der Waals surface area (Å²) in [6, 6.07) is 2.61. The summed E-state index contributed by atoms with van der Waals surface area (Å²) in [5.74, 6) is 0. The summed E-state index contributed by atoms with van der Waals surface area (Å²) in [6.45, 7) is 4.38. The lowest BCUT2D eigenvalue weighted by atomic mass is 10.1. The number of carbonyl (C=O) groups is 1. The number of hydrogen-bond donors (Lipinski definition) is 2. The van der Waals surface area contributed by atoms with Gasteiger partial charge in [0, 0.05) is 0 Å². The van der Waals surface area contributed by atoms with Crippen LogP contribution < -0.4 is 10.6 Å². The van der Waals surface area contributed by atoms with Crippen molar-refractivity contribution in [1.82, 2.24) is 10.2 Å². The van der Waals surface area contributed by atoms with Gasteiger partial charge >= 0.3 is 6.03 Å². The summed E-state index contributed by atoms with van der Waals surface area (Å²) in [5.41, 5.74) is 0.133. The molecule has 0 aromatic heterocycles. The van der Waals surface area contributed by atoms with Crippen LogP contribution in [0, 0.1) is 0 Å². The van der Waals surface area contributed by atoms with Crippen LogP contribution in [0.2, 0.25) is 15.1 Å². The number of nitrogens with one attached hydrogen (secondary N) is 2. The van der Waals surface area contributed by atoms with E-state index in [4.69, 9.17) is 47.0 Å². The lowest BCUT2D eigenvalue weighted by molar-refractivity contribution is 0.233. The molecule has 1 fully saturated rings. The molecule has 4 nitrogen and oxygen atoms in total. The van der Waals surface area contributed by atoms with Gasteiger partial charge in [-0.2, -0.15) is 0 Å². The van der Waals surface area contributed by atoms with Crippen molar-refractivity contribution in [2.45, 2.75) is 19.4 Å². The molecule has 1 aliphatic heterocycles. The van der Waals surface area contributed by atoms with Crippen molar-refractivity contribution in [3.63, 3.8) is 0 Å². The monoisotopic (exact) mass is 351 g/mol. The van der Waals surface area contributed by atoms with Gasteiger partial charge in [0.05, 0.1) is 32.8 Å². The van der Waals surface area contributed by atoms with Gasteiger partial charge in [-0.25, -0.2) is 4.79 Å². The predicted octanol–water partition coefficient (Wildman–Crippen LogP) is 4.15. The zero-order valence-electron chi connectivity index (χ0n) is 10.8. The second-order valence-corrected chi connectivity index (χ2v) is 6.68. The first kappa shape index (κ1) is 15.6. The highest BCUT2D eigenvalue weighted by Crippen LogP contribution is 2.32. The second kappa shape index (κ2) is 5.56. The maximum Gasteiger partial charge on any atom is 0.328 e. The van der Waals surface area contributed by atoms with Crippen molar-refractivity contribution >= 4 is 63.9 Å². The molecule has 8 heteroatoms. The first-order valence-electron chi connectivity index (χ1n) is 5.75. The summed E-state index contributed by atoms with van der Waals surface area (Å²) < 4.78 is 0. The number of amides is 2. The zero-order valence-corrected chi connectivity index (χ0v) is 13.8. The SMILES string of the molecule is CC1(C)CN(C(=O)Nc2cc(Cl)c(Cl)cc2Cl)C(=S)N1. The first-order valence-corrected chi connectivity index (χ1v) is 7.29. The summed E-state index contributed by atoms with van der Waals surface area (Å²) in [7, 11) is 0. The third kappa shape index (κ3) is 3.28. The van der Waals surface area contributed by atoms with Crippen LogP contribution in [0.4, 0.5) is 10.5 Å². The Balaban J connectivity index is 2.17. The molecule has 1 aliphatic rings. The molecule has 0 radical (unpaired) electrons. The fourth-order valence-corrected chi connectivity index (χ4v) is 2.85. The standard InChI is InChI=1S/C12H12Cl3N3OS/c1-12(2)5-18(11(20)17-12)10(19)16-9-4-7(14)6(13)3-8(9)15/h3-4H,5H2,1-2H3,(H,16,19)(H,17,20). The summed E-state index contributed by atoms with van der Waals surface area (Å²) >= 11 is 22.9. The van der Waals surface area contributed by atoms with Gasteiger partial charge in [-0.05, 0) is 38.2 Å². The number of halogens is 3. The van der Waals surface area contributed by atoms with Gasteiger partial charge in [-0.1, -0.05) is 34.8 Å². The lowest BCUT2D eigenvalue weighted by Crippen LogP contribution is -2.37. The molecule has 2 rings (SSSR count). The van der Waals surface area contributed by atoms with Crippen molar-refractivity contribution in [3.8, 4) is 0 Å². The highest BCUT2D eigenvalue weighted by Gasteiger charge is 2.35. The second-order valence-electron chi connectivity index (χ2n) is 5.08. The highest BCUT2D eigenvalue weighted by molar-refractivity contribution is 7.80. The molecule has 108 valence electrons. The fraction of sp³-hybridized carbons (Fsp3) is 0.333. The molecule has 0 unspecified atom stereocenters. The lowest BCUT2D eigenvalue weighted by Gasteiger charge is -2.18. The number of benzene rings is 1. The Hall–Kier alpha value is -0.750.